The number of benzene rings is 1. The van der Waals surface area contributed by atoms with Crippen molar-refractivity contribution in [3.63, 3.8) is 0 Å². The van der Waals surface area contributed by atoms with E-state index in [0.29, 0.717) is 0 Å². The summed E-state index contributed by atoms with van der Waals surface area (Å²) in [6.07, 6.45) is 5.63. The molecule has 1 rings (SSSR count). The van der Waals surface area contributed by atoms with Crippen LogP contribution in [-0.2, 0) is 0 Å². The van der Waals surface area contributed by atoms with Gasteiger partial charge in [0.05, 0.1) is 7.11 Å². The SMILES string of the molecule is C=C/C=C\c1cccc(OC)c1. The molecule has 0 bridgehead atoms. The molecule has 0 unspecified atom stereocenters. The van der Waals surface area contributed by atoms with Gasteiger partial charge >= 0.3 is 0 Å². The maximum Gasteiger partial charge on any atom is 0.119 e. The first-order valence-electron chi connectivity index (χ1n) is 3.80. The first-order chi connectivity index (χ1) is 5.86. The molecule has 0 spiro atoms. The highest BCUT2D eigenvalue weighted by Gasteiger charge is 1.89. The third-order valence-electron chi connectivity index (χ3n) is 1.52. The van der Waals surface area contributed by atoms with Crippen molar-refractivity contribution >= 4 is 6.08 Å². The molecule has 1 heteroatoms. The van der Waals surface area contributed by atoms with Gasteiger partial charge in [0.2, 0.25) is 0 Å². The minimum Gasteiger partial charge on any atom is -0.497 e. The Morgan fingerprint density at radius 3 is 2.92 bits per heavy atom. The van der Waals surface area contributed by atoms with Crippen molar-refractivity contribution in [3.05, 3.63) is 48.6 Å². The van der Waals surface area contributed by atoms with Gasteiger partial charge in [-0.1, -0.05) is 36.9 Å². The largest absolute Gasteiger partial charge is 0.497 e. The average Bonchev–Trinajstić information content (AvgIpc) is 2.15. The maximum atomic E-state index is 5.08. The molecule has 0 aliphatic heterocycles. The van der Waals surface area contributed by atoms with E-state index in [1.807, 2.05) is 36.4 Å². The zero-order valence-corrected chi connectivity index (χ0v) is 7.16. The van der Waals surface area contributed by atoms with E-state index < -0.39 is 0 Å². The van der Waals surface area contributed by atoms with E-state index in [9.17, 15) is 0 Å². The second-order valence-corrected chi connectivity index (χ2v) is 2.37. The van der Waals surface area contributed by atoms with Gasteiger partial charge in [-0.15, -0.1) is 0 Å². The second kappa shape index (κ2) is 4.39. The molecule has 0 radical (unpaired) electrons. The van der Waals surface area contributed by atoms with Crippen molar-refractivity contribution < 1.29 is 4.74 Å². The van der Waals surface area contributed by atoms with E-state index in [1.54, 1.807) is 13.2 Å². The summed E-state index contributed by atoms with van der Waals surface area (Å²) in [4.78, 5) is 0. The number of hydrogen-bond donors (Lipinski definition) is 0. The van der Waals surface area contributed by atoms with Crippen LogP contribution in [0.25, 0.3) is 6.08 Å². The van der Waals surface area contributed by atoms with Gasteiger partial charge in [-0.3, -0.25) is 0 Å². The lowest BCUT2D eigenvalue weighted by Crippen LogP contribution is -1.81. The minimum absolute atomic E-state index is 0.876. The summed E-state index contributed by atoms with van der Waals surface area (Å²) >= 11 is 0. The van der Waals surface area contributed by atoms with Gasteiger partial charge in [-0.25, -0.2) is 0 Å². The Morgan fingerprint density at radius 2 is 2.25 bits per heavy atom. The molecule has 0 saturated carbocycles. The summed E-state index contributed by atoms with van der Waals surface area (Å²) < 4.78 is 5.08. The molecule has 1 aromatic carbocycles. The molecule has 62 valence electrons. The molecule has 0 N–H and O–H groups in total. The Morgan fingerprint density at radius 1 is 1.42 bits per heavy atom. The Balaban J connectivity index is 2.86. The quantitative estimate of drug-likeness (QED) is 0.618. The van der Waals surface area contributed by atoms with E-state index in [2.05, 4.69) is 6.58 Å². The van der Waals surface area contributed by atoms with Crippen LogP contribution in [0.4, 0.5) is 0 Å². The first kappa shape index (κ1) is 8.60. The van der Waals surface area contributed by atoms with Gasteiger partial charge in [-0.2, -0.15) is 0 Å². The van der Waals surface area contributed by atoms with E-state index >= 15 is 0 Å². The van der Waals surface area contributed by atoms with Crippen molar-refractivity contribution in [2.24, 2.45) is 0 Å². The highest BCUT2D eigenvalue weighted by Crippen LogP contribution is 2.13. The van der Waals surface area contributed by atoms with Crippen LogP contribution >= 0.6 is 0 Å². The highest BCUT2D eigenvalue weighted by molar-refractivity contribution is 5.52. The van der Waals surface area contributed by atoms with E-state index in [1.165, 1.54) is 0 Å². The molecule has 0 aliphatic rings. The van der Waals surface area contributed by atoms with Gasteiger partial charge in [0.25, 0.3) is 0 Å². The Labute approximate surface area is 73.0 Å². The number of rotatable bonds is 3. The average molecular weight is 160 g/mol. The van der Waals surface area contributed by atoms with E-state index in [0.717, 1.165) is 11.3 Å². The molecule has 0 amide bonds. The minimum atomic E-state index is 0.876. The van der Waals surface area contributed by atoms with Crippen LogP contribution in [0.5, 0.6) is 5.75 Å². The molecule has 0 heterocycles. The molecule has 1 aromatic rings. The molecular weight excluding hydrogens is 148 g/mol. The number of hydrogen-bond acceptors (Lipinski definition) is 1. The second-order valence-electron chi connectivity index (χ2n) is 2.37. The lowest BCUT2D eigenvalue weighted by molar-refractivity contribution is 0.414. The molecule has 0 atom stereocenters. The lowest BCUT2D eigenvalue weighted by Gasteiger charge is -1.99. The first-order valence-corrected chi connectivity index (χ1v) is 3.80. The third kappa shape index (κ3) is 2.27. The summed E-state index contributed by atoms with van der Waals surface area (Å²) in [5, 5.41) is 0. The van der Waals surface area contributed by atoms with Crippen molar-refractivity contribution in [2.75, 3.05) is 7.11 Å². The topological polar surface area (TPSA) is 9.23 Å². The maximum absolute atomic E-state index is 5.08. The predicted molar refractivity (Wildman–Crippen MR) is 52.2 cm³/mol. The zero-order valence-electron chi connectivity index (χ0n) is 7.16. The number of methoxy groups -OCH3 is 1. The fraction of sp³-hybridized carbons (Fsp3) is 0.0909. The van der Waals surface area contributed by atoms with Crippen molar-refractivity contribution in [3.8, 4) is 5.75 Å². The van der Waals surface area contributed by atoms with Gasteiger partial charge in [0, 0.05) is 0 Å². The molecule has 0 fully saturated rings. The number of allylic oxidation sites excluding steroid dienone is 2. The normalized spacial score (nSPS) is 10.1. The van der Waals surface area contributed by atoms with Gasteiger partial charge in [-0.05, 0) is 17.7 Å². The smallest absolute Gasteiger partial charge is 0.119 e. The van der Waals surface area contributed by atoms with E-state index in [4.69, 9.17) is 4.74 Å². The third-order valence-corrected chi connectivity index (χ3v) is 1.52. The summed E-state index contributed by atoms with van der Waals surface area (Å²) in [5.74, 6) is 0.876. The number of ether oxygens (including phenoxy) is 1. The Bertz CT molecular complexity index is 287. The lowest BCUT2D eigenvalue weighted by atomic mass is 10.2. The summed E-state index contributed by atoms with van der Waals surface area (Å²) in [6, 6.07) is 7.87. The fourth-order valence-electron chi connectivity index (χ4n) is 0.924. The molecule has 12 heavy (non-hydrogen) atoms. The monoisotopic (exact) mass is 160 g/mol. The van der Waals surface area contributed by atoms with Crippen molar-refractivity contribution in [2.45, 2.75) is 0 Å². The van der Waals surface area contributed by atoms with Crippen LogP contribution in [0.3, 0.4) is 0 Å². The Hall–Kier alpha value is -1.50. The van der Waals surface area contributed by atoms with Crippen LogP contribution in [0, 0.1) is 0 Å². The summed E-state index contributed by atoms with van der Waals surface area (Å²) in [5.41, 5.74) is 1.12. The van der Waals surface area contributed by atoms with Crippen LogP contribution < -0.4 is 4.74 Å². The molecule has 1 nitrogen and oxygen atoms in total. The van der Waals surface area contributed by atoms with Crippen LogP contribution in [0.1, 0.15) is 5.56 Å². The predicted octanol–water partition coefficient (Wildman–Crippen LogP) is 2.89. The summed E-state index contributed by atoms with van der Waals surface area (Å²) in [6.45, 7) is 3.60. The molecule has 0 aromatic heterocycles. The van der Waals surface area contributed by atoms with Crippen LogP contribution in [0.2, 0.25) is 0 Å². The molecule has 0 saturated heterocycles. The highest BCUT2D eigenvalue weighted by atomic mass is 16.5. The van der Waals surface area contributed by atoms with Gasteiger partial charge in [0.15, 0.2) is 0 Å². The van der Waals surface area contributed by atoms with Crippen molar-refractivity contribution in [1.82, 2.24) is 0 Å². The molecule has 0 aliphatic carbocycles. The zero-order chi connectivity index (χ0) is 8.81. The Kier molecular flexibility index (Phi) is 3.15. The molecular formula is C11H12O. The van der Waals surface area contributed by atoms with Crippen molar-refractivity contribution in [1.29, 1.82) is 0 Å². The van der Waals surface area contributed by atoms with Gasteiger partial charge in [0.1, 0.15) is 5.75 Å². The van der Waals surface area contributed by atoms with Crippen LogP contribution in [0.15, 0.2) is 43.0 Å². The standard InChI is InChI=1S/C11H12O/c1-3-4-6-10-7-5-8-11(9-10)12-2/h3-9H,1H2,2H3/b6-4-. The summed E-state index contributed by atoms with van der Waals surface area (Å²) in [7, 11) is 1.66. The van der Waals surface area contributed by atoms with E-state index in [-0.39, 0.29) is 0 Å². The van der Waals surface area contributed by atoms with Crippen LogP contribution in [-0.4, -0.2) is 7.11 Å². The van der Waals surface area contributed by atoms with Gasteiger partial charge < -0.3 is 4.74 Å². The fourth-order valence-corrected chi connectivity index (χ4v) is 0.924.